The molecule has 0 saturated heterocycles. The maximum atomic E-state index is 6.59. The molecule has 1 fully saturated rings. The maximum Gasteiger partial charge on any atom is 0.0624 e. The van der Waals surface area contributed by atoms with E-state index in [0.717, 1.165) is 18.4 Å². The molecule has 0 aliphatic heterocycles. The Bertz CT molecular complexity index is 428. The second-order valence-electron chi connectivity index (χ2n) is 5.78. The first-order valence-corrected chi connectivity index (χ1v) is 6.83. The van der Waals surface area contributed by atoms with E-state index in [0.29, 0.717) is 10.0 Å². The molecular formula is C14H19Cl2N. The van der Waals surface area contributed by atoms with Gasteiger partial charge in [-0.3, -0.25) is 0 Å². The lowest BCUT2D eigenvalue weighted by atomic mass is 9.72. The van der Waals surface area contributed by atoms with Crippen molar-refractivity contribution in [1.82, 2.24) is 0 Å². The molecular weight excluding hydrogens is 253 g/mol. The zero-order valence-electron chi connectivity index (χ0n) is 10.4. The molecule has 1 aromatic rings. The summed E-state index contributed by atoms with van der Waals surface area (Å²) in [7, 11) is 0. The third kappa shape index (κ3) is 2.33. The van der Waals surface area contributed by atoms with Crippen molar-refractivity contribution < 1.29 is 0 Å². The van der Waals surface area contributed by atoms with Gasteiger partial charge in [0.25, 0.3) is 0 Å². The second-order valence-corrected chi connectivity index (χ2v) is 6.57. The summed E-state index contributed by atoms with van der Waals surface area (Å²) < 4.78 is 0. The van der Waals surface area contributed by atoms with E-state index in [1.807, 2.05) is 18.2 Å². The van der Waals surface area contributed by atoms with E-state index in [2.05, 4.69) is 13.8 Å². The Morgan fingerprint density at radius 1 is 1.24 bits per heavy atom. The summed E-state index contributed by atoms with van der Waals surface area (Å²) in [5.74, 6) is 0. The molecule has 2 rings (SSSR count). The SMILES string of the molecule is CC1(C)CCCC1(N)Cc1cccc(Cl)c1Cl. The molecule has 1 saturated carbocycles. The van der Waals surface area contributed by atoms with Gasteiger partial charge in [0.05, 0.1) is 10.0 Å². The van der Waals surface area contributed by atoms with E-state index in [4.69, 9.17) is 28.9 Å². The standard InChI is InChI=1S/C14H19Cl2N/c1-13(2)7-4-8-14(13,17)9-10-5-3-6-11(15)12(10)16/h3,5-6H,4,7-9,17H2,1-2H3. The highest BCUT2D eigenvalue weighted by molar-refractivity contribution is 6.42. The van der Waals surface area contributed by atoms with Gasteiger partial charge >= 0.3 is 0 Å². The van der Waals surface area contributed by atoms with Crippen molar-refractivity contribution in [3.63, 3.8) is 0 Å². The van der Waals surface area contributed by atoms with Gasteiger partial charge in [0.15, 0.2) is 0 Å². The molecule has 0 aromatic heterocycles. The van der Waals surface area contributed by atoms with E-state index in [-0.39, 0.29) is 11.0 Å². The molecule has 1 aromatic carbocycles. The number of hydrogen-bond acceptors (Lipinski definition) is 1. The third-order valence-electron chi connectivity index (χ3n) is 4.31. The minimum atomic E-state index is -0.165. The van der Waals surface area contributed by atoms with Crippen LogP contribution in [0.4, 0.5) is 0 Å². The van der Waals surface area contributed by atoms with Gasteiger partial charge in [-0.2, -0.15) is 0 Å². The average Bonchev–Trinajstić information content (AvgIpc) is 2.49. The van der Waals surface area contributed by atoms with E-state index in [9.17, 15) is 0 Å². The van der Waals surface area contributed by atoms with Crippen molar-refractivity contribution in [1.29, 1.82) is 0 Å². The van der Waals surface area contributed by atoms with E-state index >= 15 is 0 Å². The van der Waals surface area contributed by atoms with Gasteiger partial charge in [-0.05, 0) is 36.3 Å². The van der Waals surface area contributed by atoms with Crippen LogP contribution in [0.3, 0.4) is 0 Å². The summed E-state index contributed by atoms with van der Waals surface area (Å²) in [6.07, 6.45) is 4.24. The summed E-state index contributed by atoms with van der Waals surface area (Å²) in [6.45, 7) is 4.50. The van der Waals surface area contributed by atoms with Gasteiger partial charge in [0.1, 0.15) is 0 Å². The molecule has 0 bridgehead atoms. The Morgan fingerprint density at radius 3 is 2.53 bits per heavy atom. The lowest BCUT2D eigenvalue weighted by Gasteiger charge is -2.38. The molecule has 0 amide bonds. The predicted octanol–water partition coefficient (Wildman–Crippen LogP) is 4.44. The van der Waals surface area contributed by atoms with Crippen molar-refractivity contribution >= 4 is 23.2 Å². The molecule has 1 nitrogen and oxygen atoms in total. The smallest absolute Gasteiger partial charge is 0.0624 e. The van der Waals surface area contributed by atoms with E-state index in [1.54, 1.807) is 0 Å². The van der Waals surface area contributed by atoms with Crippen LogP contribution < -0.4 is 5.73 Å². The highest BCUT2D eigenvalue weighted by atomic mass is 35.5. The summed E-state index contributed by atoms with van der Waals surface area (Å²) in [5.41, 5.74) is 7.65. The zero-order valence-corrected chi connectivity index (χ0v) is 11.9. The van der Waals surface area contributed by atoms with E-state index < -0.39 is 0 Å². The number of hydrogen-bond donors (Lipinski definition) is 1. The van der Waals surface area contributed by atoms with Crippen LogP contribution in [0.2, 0.25) is 10.0 Å². The molecule has 94 valence electrons. The van der Waals surface area contributed by atoms with Crippen molar-refractivity contribution in [3.8, 4) is 0 Å². The van der Waals surface area contributed by atoms with Gasteiger partial charge < -0.3 is 5.73 Å². The van der Waals surface area contributed by atoms with Crippen LogP contribution in [-0.4, -0.2) is 5.54 Å². The van der Waals surface area contributed by atoms with Crippen molar-refractivity contribution in [2.24, 2.45) is 11.1 Å². The monoisotopic (exact) mass is 271 g/mol. The molecule has 1 atom stereocenters. The lowest BCUT2D eigenvalue weighted by Crippen LogP contribution is -2.50. The van der Waals surface area contributed by atoms with Crippen LogP contribution in [0.15, 0.2) is 18.2 Å². The van der Waals surface area contributed by atoms with Crippen LogP contribution in [0.25, 0.3) is 0 Å². The van der Waals surface area contributed by atoms with Crippen LogP contribution in [-0.2, 0) is 6.42 Å². The molecule has 1 aliphatic rings. The molecule has 1 aliphatic carbocycles. The quantitative estimate of drug-likeness (QED) is 0.846. The molecule has 1 unspecified atom stereocenters. The third-order valence-corrected chi connectivity index (χ3v) is 5.17. The number of nitrogens with two attached hydrogens (primary N) is 1. The Morgan fingerprint density at radius 2 is 1.94 bits per heavy atom. The topological polar surface area (TPSA) is 26.0 Å². The first-order valence-electron chi connectivity index (χ1n) is 6.07. The molecule has 0 spiro atoms. The van der Waals surface area contributed by atoms with Crippen LogP contribution in [0, 0.1) is 5.41 Å². The summed E-state index contributed by atoms with van der Waals surface area (Å²) in [5, 5.41) is 1.27. The Balaban J connectivity index is 2.29. The van der Waals surface area contributed by atoms with Gasteiger partial charge in [0, 0.05) is 5.54 Å². The first-order chi connectivity index (χ1) is 7.86. The highest BCUT2D eigenvalue weighted by Crippen LogP contribution is 2.46. The summed E-state index contributed by atoms with van der Waals surface area (Å²) in [6, 6.07) is 5.78. The first kappa shape index (κ1) is 13.2. The Hall–Kier alpha value is -0.240. The normalized spacial score (nSPS) is 27.4. The van der Waals surface area contributed by atoms with Gasteiger partial charge in [-0.15, -0.1) is 0 Å². The van der Waals surface area contributed by atoms with Crippen LogP contribution in [0.5, 0.6) is 0 Å². The van der Waals surface area contributed by atoms with Crippen molar-refractivity contribution in [3.05, 3.63) is 33.8 Å². The number of benzene rings is 1. The average molecular weight is 272 g/mol. The summed E-state index contributed by atoms with van der Waals surface area (Å²) >= 11 is 12.3. The fourth-order valence-electron chi connectivity index (χ4n) is 2.79. The second kappa shape index (κ2) is 4.46. The minimum Gasteiger partial charge on any atom is -0.324 e. The van der Waals surface area contributed by atoms with E-state index in [1.165, 1.54) is 12.8 Å². The number of rotatable bonds is 2. The molecule has 2 N–H and O–H groups in total. The fraction of sp³-hybridized carbons (Fsp3) is 0.571. The van der Waals surface area contributed by atoms with Gasteiger partial charge in [0.2, 0.25) is 0 Å². The highest BCUT2D eigenvalue weighted by Gasteiger charge is 2.45. The largest absolute Gasteiger partial charge is 0.324 e. The van der Waals surface area contributed by atoms with Gasteiger partial charge in [-0.25, -0.2) is 0 Å². The predicted molar refractivity (Wildman–Crippen MR) is 74.7 cm³/mol. The van der Waals surface area contributed by atoms with Crippen molar-refractivity contribution in [2.45, 2.75) is 45.1 Å². The molecule has 17 heavy (non-hydrogen) atoms. The molecule has 0 heterocycles. The fourth-order valence-corrected chi connectivity index (χ4v) is 3.17. The van der Waals surface area contributed by atoms with Gasteiger partial charge in [-0.1, -0.05) is 55.6 Å². The zero-order chi connectivity index (χ0) is 12.7. The Kier molecular flexibility index (Phi) is 3.46. The van der Waals surface area contributed by atoms with Crippen LogP contribution >= 0.6 is 23.2 Å². The number of halogens is 2. The maximum absolute atomic E-state index is 6.59. The Labute approximate surface area is 113 Å². The minimum absolute atomic E-state index is 0.165. The lowest BCUT2D eigenvalue weighted by molar-refractivity contribution is 0.207. The van der Waals surface area contributed by atoms with Crippen LogP contribution in [0.1, 0.15) is 38.7 Å². The van der Waals surface area contributed by atoms with Crippen molar-refractivity contribution in [2.75, 3.05) is 0 Å². The molecule has 0 radical (unpaired) electrons. The molecule has 3 heteroatoms. The summed E-state index contributed by atoms with van der Waals surface area (Å²) in [4.78, 5) is 0.